The highest BCUT2D eigenvalue weighted by Gasteiger charge is 2.30. The van der Waals surface area contributed by atoms with E-state index in [4.69, 9.17) is 4.98 Å². The van der Waals surface area contributed by atoms with Crippen molar-refractivity contribution >= 4 is 22.3 Å². The first-order valence-electron chi connectivity index (χ1n) is 12.2. The van der Waals surface area contributed by atoms with Crippen molar-refractivity contribution in [1.29, 1.82) is 5.26 Å². The fourth-order valence-electron chi connectivity index (χ4n) is 5.34. The van der Waals surface area contributed by atoms with Crippen LogP contribution in [0.2, 0.25) is 0 Å². The lowest BCUT2D eigenvalue weighted by atomic mass is 10.0. The average molecular weight is 456 g/mol. The van der Waals surface area contributed by atoms with E-state index in [1.807, 2.05) is 18.3 Å². The highest BCUT2D eigenvalue weighted by molar-refractivity contribution is 5.95. The van der Waals surface area contributed by atoms with Crippen molar-refractivity contribution in [2.45, 2.75) is 32.5 Å². The normalized spacial score (nSPS) is 22.2. The summed E-state index contributed by atoms with van der Waals surface area (Å²) in [6.07, 6.45) is 3.81. The van der Waals surface area contributed by atoms with E-state index in [1.54, 1.807) is 6.20 Å². The molecule has 4 heterocycles. The molecule has 2 aromatic heterocycles. The quantitative estimate of drug-likeness (QED) is 0.598. The Morgan fingerprint density at radius 1 is 0.941 bits per heavy atom. The predicted octanol–water partition coefficient (Wildman–Crippen LogP) is 3.35. The molecule has 0 saturated carbocycles. The van der Waals surface area contributed by atoms with Crippen molar-refractivity contribution in [3.63, 3.8) is 0 Å². The van der Waals surface area contributed by atoms with Gasteiger partial charge in [-0.1, -0.05) is 0 Å². The lowest BCUT2D eigenvalue weighted by Gasteiger charge is -2.45. The maximum atomic E-state index is 9.48. The number of hydrogen-bond donors (Lipinski definition) is 0. The third-order valence-corrected chi connectivity index (χ3v) is 7.33. The van der Waals surface area contributed by atoms with Gasteiger partial charge in [-0.2, -0.15) is 5.26 Å². The van der Waals surface area contributed by atoms with Crippen LogP contribution in [0.4, 0.5) is 11.4 Å². The van der Waals surface area contributed by atoms with Gasteiger partial charge < -0.3 is 14.7 Å². The van der Waals surface area contributed by atoms with E-state index >= 15 is 0 Å². The van der Waals surface area contributed by atoms with Crippen LogP contribution in [-0.4, -0.2) is 78.2 Å². The maximum Gasteiger partial charge on any atom is 0.101 e. The van der Waals surface area contributed by atoms with Gasteiger partial charge in [-0.15, -0.1) is 0 Å². The molecule has 1 aromatic carbocycles. The Hall–Kier alpha value is -3.21. The number of nitriles is 1. The summed E-state index contributed by atoms with van der Waals surface area (Å²) in [5, 5.41) is 10.5. The molecule has 176 valence electrons. The number of anilines is 2. The largest absolute Gasteiger partial charge is 0.368 e. The smallest absolute Gasteiger partial charge is 0.101 e. The van der Waals surface area contributed by atoms with Crippen LogP contribution in [0, 0.1) is 11.3 Å². The minimum atomic E-state index is 0.380. The summed E-state index contributed by atoms with van der Waals surface area (Å²) in [4.78, 5) is 19.1. The lowest BCUT2D eigenvalue weighted by Crippen LogP contribution is -2.56. The van der Waals surface area contributed by atoms with Crippen molar-refractivity contribution in [1.82, 2.24) is 19.8 Å². The zero-order valence-electron chi connectivity index (χ0n) is 20.4. The van der Waals surface area contributed by atoms with Crippen molar-refractivity contribution in [3.05, 3.63) is 60.0 Å². The molecule has 2 aliphatic rings. The van der Waals surface area contributed by atoms with Crippen LogP contribution in [-0.2, 0) is 6.54 Å². The molecule has 0 radical (unpaired) electrons. The van der Waals surface area contributed by atoms with Crippen LogP contribution in [0.5, 0.6) is 0 Å². The van der Waals surface area contributed by atoms with Gasteiger partial charge in [-0.05, 0) is 57.3 Å². The molecule has 0 amide bonds. The number of pyridine rings is 2. The highest BCUT2D eigenvalue weighted by Crippen LogP contribution is 2.31. The summed E-state index contributed by atoms with van der Waals surface area (Å²) in [6.45, 7) is 11.6. The zero-order valence-corrected chi connectivity index (χ0v) is 20.4. The minimum Gasteiger partial charge on any atom is -0.368 e. The Labute approximate surface area is 202 Å². The van der Waals surface area contributed by atoms with Crippen LogP contribution in [0.25, 0.3) is 10.9 Å². The summed E-state index contributed by atoms with van der Waals surface area (Å²) in [6, 6.07) is 15.5. The van der Waals surface area contributed by atoms with E-state index in [9.17, 15) is 5.26 Å². The molecule has 5 rings (SSSR count). The van der Waals surface area contributed by atoms with E-state index in [0.29, 0.717) is 17.6 Å². The number of piperazine rings is 2. The molecular formula is C27H33N7. The zero-order chi connectivity index (χ0) is 23.7. The van der Waals surface area contributed by atoms with Crippen LogP contribution < -0.4 is 9.80 Å². The Morgan fingerprint density at radius 3 is 2.38 bits per heavy atom. The summed E-state index contributed by atoms with van der Waals surface area (Å²) in [5.41, 5.74) is 4.93. The van der Waals surface area contributed by atoms with Gasteiger partial charge in [-0.3, -0.25) is 14.9 Å². The second kappa shape index (κ2) is 9.57. The second-order valence-electron chi connectivity index (χ2n) is 9.72. The molecule has 2 atom stereocenters. The Bertz CT molecular complexity index is 1170. The van der Waals surface area contributed by atoms with Gasteiger partial charge >= 0.3 is 0 Å². The lowest BCUT2D eigenvalue weighted by molar-refractivity contribution is 0.121. The fraction of sp³-hybridized carbons (Fsp3) is 0.444. The Morgan fingerprint density at radius 2 is 1.71 bits per heavy atom. The topological polar surface area (TPSA) is 62.5 Å². The van der Waals surface area contributed by atoms with Gasteiger partial charge in [0.15, 0.2) is 0 Å². The van der Waals surface area contributed by atoms with Gasteiger partial charge in [0.25, 0.3) is 0 Å². The first-order valence-corrected chi connectivity index (χ1v) is 12.2. The van der Waals surface area contributed by atoms with E-state index < -0.39 is 0 Å². The standard InChI is InChI=1S/C27H33N7/c1-20-17-33(26-9-6-22(15-28)27-25(26)5-4-10-29-27)18-21(2)34(20)19-23-7-8-24(16-30-23)32-13-11-31(3)12-14-32/h4-10,16,20-21H,11-14,17-19H2,1-3H3. The first-order chi connectivity index (χ1) is 16.5. The van der Waals surface area contributed by atoms with Gasteiger partial charge in [0.1, 0.15) is 6.07 Å². The second-order valence-corrected chi connectivity index (χ2v) is 9.72. The van der Waals surface area contributed by atoms with Crippen molar-refractivity contribution in [2.75, 3.05) is 56.1 Å². The number of aromatic nitrogens is 2. The molecule has 0 N–H and O–H groups in total. The third-order valence-electron chi connectivity index (χ3n) is 7.33. The predicted molar refractivity (Wildman–Crippen MR) is 137 cm³/mol. The molecule has 2 fully saturated rings. The molecule has 34 heavy (non-hydrogen) atoms. The fourth-order valence-corrected chi connectivity index (χ4v) is 5.34. The van der Waals surface area contributed by atoms with Crippen LogP contribution in [0.1, 0.15) is 25.1 Å². The molecule has 2 unspecified atom stereocenters. The number of nitrogens with zero attached hydrogens (tertiary/aromatic N) is 7. The average Bonchev–Trinajstić information content (AvgIpc) is 2.86. The van der Waals surface area contributed by atoms with Crippen LogP contribution >= 0.6 is 0 Å². The van der Waals surface area contributed by atoms with E-state index in [1.165, 1.54) is 5.69 Å². The Balaban J connectivity index is 1.28. The first kappa shape index (κ1) is 22.6. The Kier molecular flexibility index (Phi) is 6.36. The van der Waals surface area contributed by atoms with Gasteiger partial charge in [0.05, 0.1) is 28.7 Å². The van der Waals surface area contributed by atoms with E-state index in [0.717, 1.165) is 68.1 Å². The van der Waals surface area contributed by atoms with Crippen molar-refractivity contribution in [3.8, 4) is 6.07 Å². The van der Waals surface area contributed by atoms with Gasteiger partial charge in [0, 0.05) is 75.2 Å². The molecule has 3 aromatic rings. The van der Waals surface area contributed by atoms with E-state index in [-0.39, 0.29) is 0 Å². The number of rotatable bonds is 4. The molecule has 7 nitrogen and oxygen atoms in total. The molecule has 2 saturated heterocycles. The summed E-state index contributed by atoms with van der Waals surface area (Å²) >= 11 is 0. The SMILES string of the molecule is CC1CN(c2ccc(C#N)c3ncccc23)CC(C)N1Cc1ccc(N2CCN(C)CC2)cn1. The summed E-state index contributed by atoms with van der Waals surface area (Å²) in [7, 11) is 2.18. The summed E-state index contributed by atoms with van der Waals surface area (Å²) in [5.74, 6) is 0. The number of fused-ring (bicyclic) bond motifs is 1. The molecule has 0 aliphatic carbocycles. The molecule has 0 spiro atoms. The number of hydrogen-bond acceptors (Lipinski definition) is 7. The number of likely N-dealkylation sites (N-methyl/N-ethyl adjacent to an activating group) is 1. The van der Waals surface area contributed by atoms with Gasteiger partial charge in [0.2, 0.25) is 0 Å². The van der Waals surface area contributed by atoms with Crippen molar-refractivity contribution in [2.24, 2.45) is 0 Å². The van der Waals surface area contributed by atoms with Gasteiger partial charge in [-0.25, -0.2) is 0 Å². The van der Waals surface area contributed by atoms with Crippen molar-refractivity contribution < 1.29 is 0 Å². The monoisotopic (exact) mass is 455 g/mol. The molecule has 0 bridgehead atoms. The molecular weight excluding hydrogens is 422 g/mol. The third kappa shape index (κ3) is 4.44. The van der Waals surface area contributed by atoms with E-state index in [2.05, 4.69) is 75.8 Å². The maximum absolute atomic E-state index is 9.48. The molecule has 7 heteroatoms. The minimum absolute atomic E-state index is 0.380. The molecule has 2 aliphatic heterocycles. The van der Waals surface area contributed by atoms with Crippen LogP contribution in [0.15, 0.2) is 48.8 Å². The van der Waals surface area contributed by atoms with Crippen LogP contribution in [0.3, 0.4) is 0 Å². The summed E-state index contributed by atoms with van der Waals surface area (Å²) < 4.78 is 0. The number of benzene rings is 1. The highest BCUT2D eigenvalue weighted by atomic mass is 15.3.